The number of aliphatic hydroxyl groups is 1. The van der Waals surface area contributed by atoms with Crippen LogP contribution in [-0.2, 0) is 6.61 Å². The predicted octanol–water partition coefficient (Wildman–Crippen LogP) is 5.84. The van der Waals surface area contributed by atoms with Crippen LogP contribution in [0.15, 0.2) is 54.6 Å². The summed E-state index contributed by atoms with van der Waals surface area (Å²) in [6, 6.07) is 18.7. The molecular weight excluding hydrogens is 417 g/mol. The molecule has 1 unspecified atom stereocenters. The number of hydrogen-bond acceptors (Lipinski definition) is 3. The van der Waals surface area contributed by atoms with E-state index in [1.165, 1.54) is 24.0 Å². The van der Waals surface area contributed by atoms with Gasteiger partial charge in [0, 0.05) is 12.5 Å². The summed E-state index contributed by atoms with van der Waals surface area (Å²) >= 11 is 0. The second kappa shape index (κ2) is 11.4. The monoisotopic (exact) mass is 451 g/mol. The Kier molecular flexibility index (Phi) is 9.49. The first-order valence-corrected chi connectivity index (χ1v) is 10.8. The lowest BCUT2D eigenvalue weighted by Crippen LogP contribution is -2.48. The van der Waals surface area contributed by atoms with Crippen LogP contribution in [0.4, 0.5) is 0 Å². The van der Waals surface area contributed by atoms with Gasteiger partial charge in [-0.15, -0.1) is 24.8 Å². The van der Waals surface area contributed by atoms with Gasteiger partial charge in [0.1, 0.15) is 12.4 Å². The minimum Gasteiger partial charge on any atom is -0.489 e. The van der Waals surface area contributed by atoms with Gasteiger partial charge in [-0.2, -0.15) is 0 Å². The molecule has 166 valence electrons. The van der Waals surface area contributed by atoms with Crippen molar-refractivity contribution in [1.82, 2.24) is 4.90 Å². The second-order valence-corrected chi connectivity index (χ2v) is 8.84. The summed E-state index contributed by atoms with van der Waals surface area (Å²) in [7, 11) is 0. The lowest BCUT2D eigenvalue weighted by Gasteiger charge is -2.46. The van der Waals surface area contributed by atoms with Crippen LogP contribution in [0.2, 0.25) is 0 Å². The second-order valence-electron chi connectivity index (χ2n) is 8.84. The van der Waals surface area contributed by atoms with Gasteiger partial charge in [0.05, 0.1) is 5.60 Å². The van der Waals surface area contributed by atoms with Crippen molar-refractivity contribution >= 4 is 24.8 Å². The van der Waals surface area contributed by atoms with Gasteiger partial charge in [0.2, 0.25) is 0 Å². The molecule has 0 bridgehead atoms. The fourth-order valence-corrected chi connectivity index (χ4v) is 4.54. The third-order valence-corrected chi connectivity index (χ3v) is 6.69. The predicted molar refractivity (Wildman–Crippen MR) is 128 cm³/mol. The van der Waals surface area contributed by atoms with Crippen molar-refractivity contribution in [2.75, 3.05) is 19.6 Å². The zero-order valence-electron chi connectivity index (χ0n) is 17.8. The Morgan fingerprint density at radius 3 is 2.37 bits per heavy atom. The van der Waals surface area contributed by atoms with Gasteiger partial charge < -0.3 is 14.7 Å². The lowest BCUT2D eigenvalue weighted by molar-refractivity contribution is -0.0661. The molecule has 4 rings (SSSR count). The van der Waals surface area contributed by atoms with Crippen LogP contribution in [0.5, 0.6) is 5.75 Å². The normalized spacial score (nSPS) is 19.7. The molecule has 1 saturated heterocycles. The summed E-state index contributed by atoms with van der Waals surface area (Å²) < 4.78 is 6.06. The van der Waals surface area contributed by atoms with Crippen molar-refractivity contribution in [2.24, 2.45) is 5.92 Å². The Hall–Kier alpha value is -1.26. The maximum atomic E-state index is 11.2. The van der Waals surface area contributed by atoms with Crippen molar-refractivity contribution < 1.29 is 9.84 Å². The van der Waals surface area contributed by atoms with E-state index < -0.39 is 5.60 Å². The third kappa shape index (κ3) is 6.13. The van der Waals surface area contributed by atoms with Gasteiger partial charge >= 0.3 is 0 Å². The summed E-state index contributed by atoms with van der Waals surface area (Å²) in [4.78, 5) is 2.55. The summed E-state index contributed by atoms with van der Waals surface area (Å²) in [5.41, 5.74) is 1.83. The van der Waals surface area contributed by atoms with E-state index in [-0.39, 0.29) is 30.7 Å². The number of halogens is 2. The number of hydrogen-bond donors (Lipinski definition) is 1. The standard InChI is InChI=1S/C25H33NO2.2ClH/c1-20-11-15-26(16-12-20)18-24(25(27)13-6-14-25)22-9-5-10-23(17-22)28-19-21-7-3-2-4-8-21;;/h2-5,7-10,17,20,24,27H,6,11-16,18-19H2,1H3;2*1H. The molecule has 1 N–H and O–H groups in total. The molecule has 1 saturated carbocycles. The van der Waals surface area contributed by atoms with Gasteiger partial charge in [0.25, 0.3) is 0 Å². The number of piperidine rings is 1. The zero-order valence-corrected chi connectivity index (χ0v) is 19.5. The number of rotatable bonds is 7. The molecule has 0 amide bonds. The quantitative estimate of drug-likeness (QED) is 0.573. The number of nitrogens with zero attached hydrogens (tertiary/aromatic N) is 1. The highest BCUT2D eigenvalue weighted by Crippen LogP contribution is 2.44. The van der Waals surface area contributed by atoms with Gasteiger partial charge in [-0.1, -0.05) is 49.4 Å². The molecule has 1 aliphatic heterocycles. The molecule has 2 fully saturated rings. The Bertz CT molecular complexity index is 759. The number of benzene rings is 2. The summed E-state index contributed by atoms with van der Waals surface area (Å²) in [5, 5.41) is 11.2. The Labute approximate surface area is 193 Å². The highest BCUT2D eigenvalue weighted by molar-refractivity contribution is 5.85. The molecule has 2 aliphatic rings. The topological polar surface area (TPSA) is 32.7 Å². The zero-order chi connectivity index (χ0) is 19.4. The van der Waals surface area contributed by atoms with E-state index in [2.05, 4.69) is 42.2 Å². The van der Waals surface area contributed by atoms with Crippen molar-refractivity contribution in [1.29, 1.82) is 0 Å². The smallest absolute Gasteiger partial charge is 0.120 e. The van der Waals surface area contributed by atoms with Crippen LogP contribution in [-0.4, -0.2) is 35.2 Å². The minimum atomic E-state index is -0.554. The van der Waals surface area contributed by atoms with E-state index in [1.54, 1.807) is 0 Å². The van der Waals surface area contributed by atoms with Crippen LogP contribution in [0.1, 0.15) is 56.1 Å². The average Bonchev–Trinajstić information content (AvgIpc) is 2.71. The molecule has 0 spiro atoms. The summed E-state index contributed by atoms with van der Waals surface area (Å²) in [5.74, 6) is 1.88. The van der Waals surface area contributed by atoms with E-state index in [4.69, 9.17) is 4.74 Å². The van der Waals surface area contributed by atoms with Gasteiger partial charge in [0.15, 0.2) is 0 Å². The molecule has 1 heterocycles. The van der Waals surface area contributed by atoms with E-state index in [9.17, 15) is 5.11 Å². The molecule has 1 atom stereocenters. The summed E-state index contributed by atoms with van der Waals surface area (Å²) in [6.45, 7) is 6.17. The fourth-order valence-electron chi connectivity index (χ4n) is 4.54. The van der Waals surface area contributed by atoms with Crippen LogP contribution < -0.4 is 4.74 Å². The van der Waals surface area contributed by atoms with Crippen molar-refractivity contribution in [2.45, 2.75) is 57.2 Å². The number of ether oxygens (including phenoxy) is 1. The SMILES string of the molecule is CC1CCN(CC(c2cccc(OCc3ccccc3)c2)C2(O)CCC2)CC1.Cl.Cl. The Balaban J connectivity index is 0.00000160. The average molecular weight is 452 g/mol. The third-order valence-electron chi connectivity index (χ3n) is 6.69. The van der Waals surface area contributed by atoms with Crippen molar-refractivity contribution in [3.8, 4) is 5.75 Å². The summed E-state index contributed by atoms with van der Waals surface area (Å²) in [6.07, 6.45) is 5.50. The Morgan fingerprint density at radius 1 is 1.03 bits per heavy atom. The molecule has 0 radical (unpaired) electrons. The van der Waals surface area contributed by atoms with E-state index in [0.717, 1.165) is 50.6 Å². The molecule has 2 aromatic carbocycles. The van der Waals surface area contributed by atoms with Gasteiger partial charge in [-0.25, -0.2) is 0 Å². The first-order valence-electron chi connectivity index (χ1n) is 10.8. The molecule has 1 aliphatic carbocycles. The van der Waals surface area contributed by atoms with Crippen LogP contribution in [0.3, 0.4) is 0 Å². The van der Waals surface area contributed by atoms with Gasteiger partial charge in [-0.05, 0) is 74.4 Å². The molecular formula is C25H35Cl2NO2. The first-order chi connectivity index (χ1) is 13.6. The van der Waals surface area contributed by atoms with Crippen LogP contribution in [0.25, 0.3) is 0 Å². The highest BCUT2D eigenvalue weighted by Gasteiger charge is 2.43. The first kappa shape index (κ1) is 25.0. The Morgan fingerprint density at radius 2 is 1.73 bits per heavy atom. The maximum absolute atomic E-state index is 11.2. The molecule has 0 aromatic heterocycles. The molecule has 30 heavy (non-hydrogen) atoms. The lowest BCUT2D eigenvalue weighted by atomic mass is 9.68. The van der Waals surface area contributed by atoms with Crippen molar-refractivity contribution in [3.63, 3.8) is 0 Å². The van der Waals surface area contributed by atoms with E-state index >= 15 is 0 Å². The maximum Gasteiger partial charge on any atom is 0.120 e. The van der Waals surface area contributed by atoms with Gasteiger partial charge in [-0.3, -0.25) is 0 Å². The van der Waals surface area contributed by atoms with Crippen LogP contribution >= 0.6 is 24.8 Å². The highest BCUT2D eigenvalue weighted by atomic mass is 35.5. The number of likely N-dealkylation sites (tertiary alicyclic amines) is 1. The van der Waals surface area contributed by atoms with E-state index in [0.29, 0.717) is 6.61 Å². The fraction of sp³-hybridized carbons (Fsp3) is 0.520. The van der Waals surface area contributed by atoms with Crippen molar-refractivity contribution in [3.05, 3.63) is 65.7 Å². The van der Waals surface area contributed by atoms with Crippen LogP contribution in [0, 0.1) is 5.92 Å². The molecule has 2 aromatic rings. The van der Waals surface area contributed by atoms with E-state index in [1.807, 2.05) is 24.3 Å². The molecule has 5 heteroatoms. The molecule has 3 nitrogen and oxygen atoms in total. The minimum absolute atomic E-state index is 0. The largest absolute Gasteiger partial charge is 0.489 e.